The second-order valence-corrected chi connectivity index (χ2v) is 8.46. The maximum absolute atomic E-state index is 14.3. The Kier molecular flexibility index (Phi) is 5.29. The number of nitrogens with zero attached hydrogens (tertiary/aromatic N) is 4. The van der Waals surface area contributed by atoms with Gasteiger partial charge in [0.1, 0.15) is 5.82 Å². The second kappa shape index (κ2) is 7.80. The molecular weight excluding hydrogens is 396 g/mol. The first kappa shape index (κ1) is 21.0. The van der Waals surface area contributed by atoms with Crippen LogP contribution in [0, 0.1) is 19.8 Å². The van der Waals surface area contributed by atoms with Crippen LogP contribution in [0.5, 0.6) is 0 Å². The zero-order chi connectivity index (χ0) is 22.3. The van der Waals surface area contributed by atoms with Crippen molar-refractivity contribution in [3.05, 3.63) is 60.2 Å². The first-order valence-electron chi connectivity index (χ1n) is 10.3. The zero-order valence-electron chi connectivity index (χ0n) is 18.4. The van der Waals surface area contributed by atoms with Crippen LogP contribution in [0.3, 0.4) is 0 Å². The van der Waals surface area contributed by atoms with Gasteiger partial charge in [-0.25, -0.2) is 13.8 Å². The van der Waals surface area contributed by atoms with E-state index in [1.54, 1.807) is 41.6 Å². The molecule has 0 bridgehead atoms. The van der Waals surface area contributed by atoms with E-state index in [1.807, 2.05) is 39.4 Å². The largest absolute Gasteiger partial charge is 0.341 e. The molecule has 0 radical (unpaired) electrons. The summed E-state index contributed by atoms with van der Waals surface area (Å²) in [5.41, 5.74) is 6.00. The number of aryl methyl sites for hydroxylation is 3. The van der Waals surface area contributed by atoms with Crippen molar-refractivity contribution in [2.45, 2.75) is 40.2 Å². The Morgan fingerprint density at radius 2 is 1.81 bits per heavy atom. The van der Waals surface area contributed by atoms with Gasteiger partial charge in [-0.15, -0.1) is 0 Å². The van der Waals surface area contributed by atoms with Gasteiger partial charge in [0, 0.05) is 48.2 Å². The summed E-state index contributed by atoms with van der Waals surface area (Å²) in [7, 11) is 1.90. The van der Waals surface area contributed by atoms with Gasteiger partial charge in [-0.2, -0.15) is 5.10 Å². The highest BCUT2D eigenvalue weighted by molar-refractivity contribution is 5.92. The lowest BCUT2D eigenvalue weighted by atomic mass is 10.0. The normalized spacial score (nSPS) is 12.1. The Morgan fingerprint density at radius 1 is 1.10 bits per heavy atom. The number of hydrogen-bond donors (Lipinski definition) is 1. The topological polar surface area (TPSA) is 47.7 Å². The summed E-state index contributed by atoms with van der Waals surface area (Å²) in [5.74, 6) is -2.85. The predicted octanol–water partition coefficient (Wildman–Crippen LogP) is 6.09. The third kappa shape index (κ3) is 4.04. The first-order chi connectivity index (χ1) is 14.7. The van der Waals surface area contributed by atoms with Crippen molar-refractivity contribution in [3.63, 3.8) is 0 Å². The molecule has 1 N–H and O–H groups in total. The van der Waals surface area contributed by atoms with E-state index in [0.717, 1.165) is 38.8 Å². The van der Waals surface area contributed by atoms with E-state index in [2.05, 4.69) is 27.5 Å². The predicted molar refractivity (Wildman–Crippen MR) is 121 cm³/mol. The molecule has 0 unspecified atom stereocenters. The summed E-state index contributed by atoms with van der Waals surface area (Å²) < 4.78 is 32.0. The van der Waals surface area contributed by atoms with Crippen LogP contribution in [0.4, 0.5) is 20.3 Å². The molecule has 0 spiro atoms. The molecule has 1 aromatic carbocycles. The molecule has 4 rings (SSSR count). The van der Waals surface area contributed by atoms with Crippen LogP contribution >= 0.6 is 0 Å². The average Bonchev–Trinajstić information content (AvgIpc) is 3.31. The van der Waals surface area contributed by atoms with Gasteiger partial charge >= 0.3 is 0 Å². The second-order valence-electron chi connectivity index (χ2n) is 8.46. The summed E-state index contributed by atoms with van der Waals surface area (Å²) >= 11 is 0. The van der Waals surface area contributed by atoms with Crippen LogP contribution in [-0.2, 0) is 13.6 Å². The Labute approximate surface area is 180 Å². The summed E-state index contributed by atoms with van der Waals surface area (Å²) in [4.78, 5) is 4.49. The van der Waals surface area contributed by atoms with Crippen molar-refractivity contribution < 1.29 is 8.78 Å². The number of anilines is 2. The van der Waals surface area contributed by atoms with Gasteiger partial charge in [0.05, 0.1) is 18.3 Å². The smallest absolute Gasteiger partial charge is 0.267 e. The molecule has 31 heavy (non-hydrogen) atoms. The minimum Gasteiger partial charge on any atom is -0.341 e. The first-order valence-corrected chi connectivity index (χ1v) is 10.3. The standard InChI is InChI=1S/C24H27F2N5/c1-15(2)24(25,26)14-31-9-7-20-21(31)6-8-27-23(20)29-22-16(3)10-18(11-17(22)4)19-12-28-30(5)13-19/h6-13,15H,14H2,1-5H3,(H,27,29). The van der Waals surface area contributed by atoms with Crippen molar-refractivity contribution in [1.82, 2.24) is 19.3 Å². The molecule has 0 fully saturated rings. The number of fused-ring (bicyclic) bond motifs is 1. The molecule has 4 aromatic rings. The number of rotatable bonds is 6. The van der Waals surface area contributed by atoms with E-state index in [-0.39, 0.29) is 6.54 Å². The van der Waals surface area contributed by atoms with Gasteiger partial charge in [-0.05, 0) is 54.8 Å². The van der Waals surface area contributed by atoms with Gasteiger partial charge < -0.3 is 9.88 Å². The Bertz CT molecular complexity index is 1210. The highest BCUT2D eigenvalue weighted by Gasteiger charge is 2.34. The molecule has 5 nitrogen and oxygen atoms in total. The molecule has 0 atom stereocenters. The number of benzene rings is 1. The number of nitrogens with one attached hydrogen (secondary N) is 1. The maximum Gasteiger partial charge on any atom is 0.267 e. The van der Waals surface area contributed by atoms with Crippen LogP contribution in [0.2, 0.25) is 0 Å². The SMILES string of the molecule is Cc1cc(-c2cnn(C)c2)cc(C)c1Nc1nccc2c1ccn2CC(F)(F)C(C)C. The fraction of sp³-hybridized carbons (Fsp3) is 0.333. The fourth-order valence-electron chi connectivity index (χ4n) is 3.79. The molecule has 0 amide bonds. The van der Waals surface area contributed by atoms with Gasteiger partial charge in [0.25, 0.3) is 5.92 Å². The third-order valence-corrected chi connectivity index (χ3v) is 5.74. The molecule has 0 saturated carbocycles. The lowest BCUT2D eigenvalue weighted by Gasteiger charge is -2.21. The third-order valence-electron chi connectivity index (χ3n) is 5.74. The van der Waals surface area contributed by atoms with Crippen molar-refractivity contribution >= 4 is 22.4 Å². The van der Waals surface area contributed by atoms with E-state index >= 15 is 0 Å². The highest BCUT2D eigenvalue weighted by atomic mass is 19.3. The molecule has 0 aliphatic heterocycles. The molecule has 7 heteroatoms. The van der Waals surface area contributed by atoms with E-state index < -0.39 is 11.8 Å². The highest BCUT2D eigenvalue weighted by Crippen LogP contribution is 2.33. The Morgan fingerprint density at radius 3 is 2.42 bits per heavy atom. The summed E-state index contributed by atoms with van der Waals surface area (Å²) in [6.45, 7) is 6.82. The Hall–Kier alpha value is -3.22. The number of pyridine rings is 1. The number of aromatic nitrogens is 4. The Balaban J connectivity index is 1.68. The molecular formula is C24H27F2N5. The summed E-state index contributed by atoms with van der Waals surface area (Å²) in [5, 5.41) is 8.50. The van der Waals surface area contributed by atoms with Crippen LogP contribution < -0.4 is 5.32 Å². The van der Waals surface area contributed by atoms with E-state index in [0.29, 0.717) is 5.82 Å². The van der Waals surface area contributed by atoms with Crippen molar-refractivity contribution in [2.75, 3.05) is 5.32 Å². The molecule has 0 saturated heterocycles. The summed E-state index contributed by atoms with van der Waals surface area (Å²) in [6, 6.07) is 7.85. The average molecular weight is 424 g/mol. The van der Waals surface area contributed by atoms with Crippen molar-refractivity contribution in [2.24, 2.45) is 13.0 Å². The van der Waals surface area contributed by atoms with Gasteiger partial charge in [0.2, 0.25) is 0 Å². The van der Waals surface area contributed by atoms with Gasteiger partial charge in [-0.3, -0.25) is 4.68 Å². The van der Waals surface area contributed by atoms with Gasteiger partial charge in [-0.1, -0.05) is 13.8 Å². The number of halogens is 2. The lowest BCUT2D eigenvalue weighted by molar-refractivity contribution is -0.0587. The summed E-state index contributed by atoms with van der Waals surface area (Å²) in [6.07, 6.45) is 7.20. The van der Waals surface area contributed by atoms with Crippen LogP contribution in [0.15, 0.2) is 49.1 Å². The molecule has 0 aliphatic carbocycles. The molecule has 3 aromatic heterocycles. The molecule has 162 valence electrons. The molecule has 3 heterocycles. The minimum atomic E-state index is -2.78. The van der Waals surface area contributed by atoms with Crippen LogP contribution in [-0.4, -0.2) is 25.3 Å². The van der Waals surface area contributed by atoms with Gasteiger partial charge in [0.15, 0.2) is 0 Å². The van der Waals surface area contributed by atoms with Crippen LogP contribution in [0.1, 0.15) is 25.0 Å². The monoisotopic (exact) mass is 423 g/mol. The van der Waals surface area contributed by atoms with E-state index in [9.17, 15) is 8.78 Å². The number of alkyl halides is 2. The van der Waals surface area contributed by atoms with Crippen LogP contribution in [0.25, 0.3) is 22.0 Å². The zero-order valence-corrected chi connectivity index (χ0v) is 18.4. The number of hydrogen-bond acceptors (Lipinski definition) is 3. The quantitative estimate of drug-likeness (QED) is 0.408. The maximum atomic E-state index is 14.3. The van der Waals surface area contributed by atoms with Crippen molar-refractivity contribution in [1.29, 1.82) is 0 Å². The lowest BCUT2D eigenvalue weighted by Crippen LogP contribution is -2.29. The minimum absolute atomic E-state index is 0.352. The fourth-order valence-corrected chi connectivity index (χ4v) is 3.79. The van der Waals surface area contributed by atoms with Crippen molar-refractivity contribution in [3.8, 4) is 11.1 Å². The molecule has 0 aliphatic rings. The van der Waals surface area contributed by atoms with E-state index in [1.165, 1.54) is 0 Å². The van der Waals surface area contributed by atoms with E-state index in [4.69, 9.17) is 0 Å².